The smallest absolute Gasteiger partial charge is 0.339 e. The third kappa shape index (κ3) is 2.04. The lowest BCUT2D eigenvalue weighted by atomic mass is 10.2. The number of ether oxygens (including phenoxy) is 1. The van der Waals surface area contributed by atoms with Gasteiger partial charge in [-0.2, -0.15) is 0 Å². The second kappa shape index (κ2) is 4.69. The molecule has 0 bridgehead atoms. The highest BCUT2D eigenvalue weighted by Crippen LogP contribution is 2.21. The second-order valence-corrected chi connectivity index (χ2v) is 4.45. The number of aromatic nitrogens is 1. The maximum Gasteiger partial charge on any atom is 0.339 e. The maximum absolute atomic E-state index is 11.7. The summed E-state index contributed by atoms with van der Waals surface area (Å²) in [5, 5.41) is 0. The van der Waals surface area contributed by atoms with E-state index in [-0.39, 0.29) is 5.97 Å². The molecule has 3 nitrogen and oxygen atoms in total. The summed E-state index contributed by atoms with van der Waals surface area (Å²) in [4.78, 5) is 11.7. The molecule has 0 amide bonds. The monoisotopic (exact) mass is 243 g/mol. The van der Waals surface area contributed by atoms with Crippen LogP contribution in [0.15, 0.2) is 30.3 Å². The molecule has 0 radical (unpaired) electrons. The number of carbonyl (C=O) groups is 1. The highest BCUT2D eigenvalue weighted by atomic mass is 16.5. The predicted molar refractivity (Wildman–Crippen MR) is 71.3 cm³/mol. The topological polar surface area (TPSA) is 31.2 Å². The van der Waals surface area contributed by atoms with Crippen LogP contribution < -0.4 is 0 Å². The van der Waals surface area contributed by atoms with Crippen molar-refractivity contribution in [3.8, 4) is 5.69 Å². The average Bonchev–Trinajstić information content (AvgIpc) is 2.64. The van der Waals surface area contributed by atoms with Crippen LogP contribution in [0.5, 0.6) is 0 Å². The van der Waals surface area contributed by atoms with E-state index >= 15 is 0 Å². The highest BCUT2D eigenvalue weighted by molar-refractivity contribution is 5.91. The van der Waals surface area contributed by atoms with E-state index in [0.29, 0.717) is 5.56 Å². The van der Waals surface area contributed by atoms with Crippen LogP contribution in [0.3, 0.4) is 0 Å². The molecule has 0 N–H and O–H groups in total. The van der Waals surface area contributed by atoms with Gasteiger partial charge in [-0.3, -0.25) is 0 Å². The molecule has 1 aromatic heterocycles. The van der Waals surface area contributed by atoms with E-state index in [1.165, 1.54) is 12.7 Å². The summed E-state index contributed by atoms with van der Waals surface area (Å²) in [5.74, 6) is -0.290. The summed E-state index contributed by atoms with van der Waals surface area (Å²) in [7, 11) is 1.40. The van der Waals surface area contributed by atoms with Gasteiger partial charge in [0.05, 0.1) is 12.7 Å². The average molecular weight is 243 g/mol. The van der Waals surface area contributed by atoms with Crippen LogP contribution in [-0.2, 0) is 4.74 Å². The fourth-order valence-electron chi connectivity index (χ4n) is 2.24. The van der Waals surface area contributed by atoms with E-state index in [4.69, 9.17) is 4.74 Å². The molecule has 3 heteroatoms. The van der Waals surface area contributed by atoms with Gasteiger partial charge in [0.1, 0.15) is 0 Å². The molecule has 2 rings (SSSR count). The molecular weight excluding hydrogens is 226 g/mol. The van der Waals surface area contributed by atoms with Crippen molar-refractivity contribution in [1.29, 1.82) is 0 Å². The fourth-order valence-corrected chi connectivity index (χ4v) is 2.24. The SMILES string of the molecule is COC(=O)c1cc(C)n(-c2cccc(C)c2)c1C. The van der Waals surface area contributed by atoms with Crippen molar-refractivity contribution in [3.63, 3.8) is 0 Å². The Kier molecular flexibility index (Phi) is 3.24. The molecule has 2 aromatic rings. The molecule has 0 aliphatic rings. The van der Waals surface area contributed by atoms with Crippen LogP contribution in [0.1, 0.15) is 27.3 Å². The summed E-state index contributed by atoms with van der Waals surface area (Å²) in [6, 6.07) is 10.1. The van der Waals surface area contributed by atoms with Gasteiger partial charge >= 0.3 is 5.97 Å². The molecular formula is C15H17NO2. The lowest BCUT2D eigenvalue weighted by Gasteiger charge is -2.10. The Balaban J connectivity index is 2.59. The minimum Gasteiger partial charge on any atom is -0.465 e. The number of rotatable bonds is 2. The number of nitrogens with zero attached hydrogens (tertiary/aromatic N) is 1. The number of methoxy groups -OCH3 is 1. The second-order valence-electron chi connectivity index (χ2n) is 4.45. The summed E-state index contributed by atoms with van der Waals surface area (Å²) < 4.78 is 6.86. The standard InChI is InChI=1S/C15H17NO2/c1-10-6-5-7-13(8-10)16-11(2)9-14(12(16)3)15(17)18-4/h5-9H,1-4H3. The Morgan fingerprint density at radius 3 is 2.50 bits per heavy atom. The Hall–Kier alpha value is -2.03. The minimum atomic E-state index is -0.290. The number of esters is 1. The molecule has 0 saturated carbocycles. The molecule has 0 fully saturated rings. The zero-order valence-corrected chi connectivity index (χ0v) is 11.2. The number of benzene rings is 1. The van der Waals surface area contributed by atoms with E-state index in [2.05, 4.69) is 23.6 Å². The first kappa shape index (κ1) is 12.4. The van der Waals surface area contributed by atoms with Gasteiger partial charge in [-0.25, -0.2) is 4.79 Å². The van der Waals surface area contributed by atoms with E-state index in [1.807, 2.05) is 32.0 Å². The number of hydrogen-bond acceptors (Lipinski definition) is 2. The summed E-state index contributed by atoms with van der Waals surface area (Å²) >= 11 is 0. The van der Waals surface area contributed by atoms with Crippen molar-refractivity contribution in [2.75, 3.05) is 7.11 Å². The Labute approximate surface area is 107 Å². The number of carbonyl (C=O) groups excluding carboxylic acids is 1. The van der Waals surface area contributed by atoms with Gasteiger partial charge in [-0.1, -0.05) is 12.1 Å². The molecule has 0 aliphatic carbocycles. The van der Waals surface area contributed by atoms with Crippen molar-refractivity contribution in [2.24, 2.45) is 0 Å². The maximum atomic E-state index is 11.7. The summed E-state index contributed by atoms with van der Waals surface area (Å²) in [5.41, 5.74) is 4.82. The quantitative estimate of drug-likeness (QED) is 0.758. The van der Waals surface area contributed by atoms with Gasteiger partial charge < -0.3 is 9.30 Å². The molecule has 1 aromatic carbocycles. The van der Waals surface area contributed by atoms with Gasteiger partial charge in [-0.05, 0) is 44.5 Å². The molecule has 0 atom stereocenters. The van der Waals surface area contributed by atoms with Gasteiger partial charge in [0.25, 0.3) is 0 Å². The van der Waals surface area contributed by atoms with Crippen molar-refractivity contribution in [3.05, 3.63) is 52.8 Å². The summed E-state index contributed by atoms with van der Waals surface area (Å²) in [6.45, 7) is 5.97. The number of aryl methyl sites for hydroxylation is 2. The van der Waals surface area contributed by atoms with Gasteiger partial charge in [0, 0.05) is 17.1 Å². The predicted octanol–water partition coefficient (Wildman–Crippen LogP) is 3.19. The lowest BCUT2D eigenvalue weighted by molar-refractivity contribution is 0.0600. The zero-order valence-electron chi connectivity index (χ0n) is 11.2. The van der Waals surface area contributed by atoms with Gasteiger partial charge in [0.2, 0.25) is 0 Å². The molecule has 0 spiro atoms. The fraction of sp³-hybridized carbons (Fsp3) is 0.267. The van der Waals surface area contributed by atoms with Gasteiger partial charge in [-0.15, -0.1) is 0 Å². The highest BCUT2D eigenvalue weighted by Gasteiger charge is 2.16. The first-order valence-electron chi connectivity index (χ1n) is 5.89. The molecule has 18 heavy (non-hydrogen) atoms. The van der Waals surface area contributed by atoms with Crippen molar-refractivity contribution < 1.29 is 9.53 Å². The number of hydrogen-bond donors (Lipinski definition) is 0. The third-order valence-corrected chi connectivity index (χ3v) is 3.10. The van der Waals surface area contributed by atoms with Crippen LogP contribution >= 0.6 is 0 Å². The van der Waals surface area contributed by atoms with Gasteiger partial charge in [0.15, 0.2) is 0 Å². The van der Waals surface area contributed by atoms with Crippen LogP contribution in [0.4, 0.5) is 0 Å². The first-order valence-corrected chi connectivity index (χ1v) is 5.89. The minimum absolute atomic E-state index is 0.290. The summed E-state index contributed by atoms with van der Waals surface area (Å²) in [6.07, 6.45) is 0. The lowest BCUT2D eigenvalue weighted by Crippen LogP contribution is -2.04. The largest absolute Gasteiger partial charge is 0.465 e. The Morgan fingerprint density at radius 2 is 1.89 bits per heavy atom. The van der Waals surface area contributed by atoms with E-state index in [1.54, 1.807) is 0 Å². The molecule has 94 valence electrons. The van der Waals surface area contributed by atoms with Crippen LogP contribution in [0.2, 0.25) is 0 Å². The third-order valence-electron chi connectivity index (χ3n) is 3.10. The zero-order chi connectivity index (χ0) is 13.3. The Morgan fingerprint density at radius 1 is 1.17 bits per heavy atom. The van der Waals surface area contributed by atoms with Crippen LogP contribution in [-0.4, -0.2) is 17.6 Å². The van der Waals surface area contributed by atoms with E-state index in [0.717, 1.165) is 17.1 Å². The Bertz CT molecular complexity index is 597. The van der Waals surface area contributed by atoms with Crippen LogP contribution in [0.25, 0.3) is 5.69 Å². The normalized spacial score (nSPS) is 10.4. The molecule has 0 saturated heterocycles. The van der Waals surface area contributed by atoms with Crippen molar-refractivity contribution >= 4 is 5.97 Å². The van der Waals surface area contributed by atoms with E-state index in [9.17, 15) is 4.79 Å². The van der Waals surface area contributed by atoms with Crippen LogP contribution in [0, 0.1) is 20.8 Å². The first-order chi connectivity index (χ1) is 8.54. The van der Waals surface area contributed by atoms with E-state index < -0.39 is 0 Å². The van der Waals surface area contributed by atoms with Crippen molar-refractivity contribution in [2.45, 2.75) is 20.8 Å². The molecule has 1 heterocycles. The van der Waals surface area contributed by atoms with Crippen molar-refractivity contribution in [1.82, 2.24) is 4.57 Å². The molecule has 0 aliphatic heterocycles. The molecule has 0 unspecified atom stereocenters.